The predicted octanol–water partition coefficient (Wildman–Crippen LogP) is 6.62. The molecular weight excluding hydrogens is 320 g/mol. The van der Waals surface area contributed by atoms with Gasteiger partial charge in [-0.25, -0.2) is 0 Å². The second-order valence-corrected chi connectivity index (χ2v) is 6.84. The molecule has 0 radical (unpaired) electrons. The van der Waals surface area contributed by atoms with Crippen molar-refractivity contribution in [3.05, 3.63) is 56.1 Å². The van der Waals surface area contributed by atoms with E-state index in [1.54, 1.807) is 5.56 Å². The fourth-order valence-electron chi connectivity index (χ4n) is 3.16. The van der Waals surface area contributed by atoms with Gasteiger partial charge < -0.3 is 0 Å². The average molecular weight is 354 g/mol. The molecule has 1 heteroatoms. The minimum atomic E-state index is 0. The summed E-state index contributed by atoms with van der Waals surface area (Å²) in [6.45, 7) is 20.0. The molecule has 0 amide bonds. The summed E-state index contributed by atoms with van der Waals surface area (Å²) in [6.07, 6.45) is 3.88. The zero-order valence-electron chi connectivity index (χ0n) is 16.6. The molecule has 0 aliphatic carbocycles. The molecule has 0 bridgehead atoms. The molecule has 0 fully saturated rings. The normalized spacial score (nSPS) is 10.1. The first-order valence-electron chi connectivity index (χ1n) is 8.64. The molecule has 130 valence electrons. The predicted molar refractivity (Wildman–Crippen MR) is 101 cm³/mol. The zero-order chi connectivity index (χ0) is 17.0. The van der Waals surface area contributed by atoms with Crippen molar-refractivity contribution >= 4 is 0 Å². The molecule has 23 heavy (non-hydrogen) atoms. The van der Waals surface area contributed by atoms with Gasteiger partial charge in [0.05, 0.1) is 0 Å². The van der Waals surface area contributed by atoms with Crippen LogP contribution in [-0.2, 0) is 23.5 Å². The number of unbranched alkanes of at least 4 members (excludes halogenated alkanes) is 1. The van der Waals surface area contributed by atoms with E-state index in [0.29, 0.717) is 0 Å². The second-order valence-electron chi connectivity index (χ2n) is 6.84. The first kappa shape index (κ1) is 22.2. The van der Waals surface area contributed by atoms with E-state index in [9.17, 15) is 0 Å². The van der Waals surface area contributed by atoms with Gasteiger partial charge in [0.1, 0.15) is 0 Å². The van der Waals surface area contributed by atoms with E-state index in [0.717, 1.165) is 0 Å². The van der Waals surface area contributed by atoms with Gasteiger partial charge in [0, 0.05) is 0 Å². The van der Waals surface area contributed by atoms with Crippen LogP contribution in [0, 0.1) is 55.4 Å². The van der Waals surface area contributed by atoms with Crippen LogP contribution in [0.15, 0.2) is 6.07 Å². The van der Waals surface area contributed by atoms with Gasteiger partial charge in [-0.2, -0.15) is 56.1 Å². The van der Waals surface area contributed by atoms with Crippen LogP contribution in [0.25, 0.3) is 0 Å². The van der Waals surface area contributed by atoms with Gasteiger partial charge in [-0.3, -0.25) is 0 Å². The van der Waals surface area contributed by atoms with Crippen LogP contribution in [0.4, 0.5) is 0 Å². The Hall–Kier alpha value is -0.781. The Morgan fingerprint density at radius 1 is 0.826 bits per heavy atom. The Balaban J connectivity index is 0.000000427. The molecule has 0 saturated heterocycles. The monoisotopic (exact) mass is 354 g/mol. The van der Waals surface area contributed by atoms with Crippen LogP contribution in [0.1, 0.15) is 69.8 Å². The third-order valence-electron chi connectivity index (χ3n) is 5.55. The molecule has 0 aliphatic rings. The van der Waals surface area contributed by atoms with Gasteiger partial charge in [0.2, 0.25) is 0 Å². The molecule has 0 aliphatic heterocycles. The van der Waals surface area contributed by atoms with Crippen molar-refractivity contribution in [2.45, 2.75) is 81.6 Å². The van der Waals surface area contributed by atoms with Crippen LogP contribution in [0.5, 0.6) is 0 Å². The largest absolute Gasteiger partial charge is 2.00 e. The molecule has 0 heterocycles. The Bertz CT molecular complexity index is 575. The van der Waals surface area contributed by atoms with E-state index in [-0.39, 0.29) is 17.1 Å². The van der Waals surface area contributed by atoms with Crippen molar-refractivity contribution in [3.8, 4) is 0 Å². The van der Waals surface area contributed by atoms with Crippen molar-refractivity contribution in [2.24, 2.45) is 0 Å². The molecule has 2 aromatic carbocycles. The van der Waals surface area contributed by atoms with Gasteiger partial charge in [-0.15, -0.1) is 0 Å². The van der Waals surface area contributed by atoms with Gasteiger partial charge in [-0.1, -0.05) is 81.6 Å². The Morgan fingerprint density at radius 2 is 1.39 bits per heavy atom. The van der Waals surface area contributed by atoms with Crippen molar-refractivity contribution in [3.63, 3.8) is 0 Å². The van der Waals surface area contributed by atoms with Gasteiger partial charge >= 0.3 is 17.1 Å². The molecule has 0 aromatic heterocycles. The molecular formula is C22H34Fe. The number of hydrogen-bond acceptors (Lipinski definition) is 0. The van der Waals surface area contributed by atoms with Crippen LogP contribution >= 0.6 is 0 Å². The molecule has 2 rings (SSSR count). The third kappa shape index (κ3) is 5.10. The third-order valence-corrected chi connectivity index (χ3v) is 5.55. The van der Waals surface area contributed by atoms with Crippen LogP contribution < -0.4 is 0 Å². The molecule has 0 nitrogen and oxygen atoms in total. The van der Waals surface area contributed by atoms with E-state index >= 15 is 0 Å². The van der Waals surface area contributed by atoms with Gasteiger partial charge in [-0.05, 0) is 0 Å². The molecule has 0 spiro atoms. The fourth-order valence-corrected chi connectivity index (χ4v) is 3.16. The Morgan fingerprint density at radius 3 is 1.65 bits per heavy atom. The standard InChI is InChI=1S/C13H21.C9H13.Fe/c1-6-7-8-13-11(4)9(2)10(3)12(13)5;1-6-5-7(2)9(4)8(6)3;/h6-8H2,1-5H3;5H,1-4H3;/q2*-1;+2. The smallest absolute Gasteiger partial charge is 0.199 e. The second kappa shape index (κ2) is 9.50. The zero-order valence-corrected chi connectivity index (χ0v) is 17.7. The summed E-state index contributed by atoms with van der Waals surface area (Å²) in [5.74, 6) is 0. The summed E-state index contributed by atoms with van der Waals surface area (Å²) in [6, 6.07) is 2.24. The minimum Gasteiger partial charge on any atom is -0.199 e. The Kier molecular flexibility index (Phi) is 9.18. The maximum absolute atomic E-state index is 2.26. The quantitative estimate of drug-likeness (QED) is 0.429. The van der Waals surface area contributed by atoms with Crippen LogP contribution in [0.3, 0.4) is 0 Å². The van der Waals surface area contributed by atoms with Gasteiger partial charge in [0.25, 0.3) is 0 Å². The fraction of sp³-hybridized carbons (Fsp3) is 0.545. The molecule has 0 N–H and O–H groups in total. The first-order chi connectivity index (χ1) is 10.2. The minimum absolute atomic E-state index is 0. The summed E-state index contributed by atoms with van der Waals surface area (Å²) in [5.41, 5.74) is 13.4. The molecule has 2 aromatic rings. The van der Waals surface area contributed by atoms with Crippen LogP contribution in [0.2, 0.25) is 0 Å². The van der Waals surface area contributed by atoms with E-state index in [2.05, 4.69) is 68.4 Å². The first-order valence-corrected chi connectivity index (χ1v) is 8.64. The van der Waals surface area contributed by atoms with Crippen molar-refractivity contribution in [1.29, 1.82) is 0 Å². The number of hydrogen-bond donors (Lipinski definition) is 0. The van der Waals surface area contributed by atoms with E-state index in [1.807, 2.05) is 0 Å². The molecule has 0 unspecified atom stereocenters. The summed E-state index contributed by atoms with van der Waals surface area (Å²) in [4.78, 5) is 0. The number of aryl methyl sites for hydroxylation is 2. The molecule has 0 atom stereocenters. The van der Waals surface area contributed by atoms with Crippen molar-refractivity contribution in [1.82, 2.24) is 0 Å². The summed E-state index contributed by atoms with van der Waals surface area (Å²) < 4.78 is 0. The summed E-state index contributed by atoms with van der Waals surface area (Å²) >= 11 is 0. The SMILES string of the molecule is CCCCc1c(C)c(C)[c-](C)c1C.Cc1c[c-](C)c(C)c1C.[Fe+2]. The average Bonchev–Trinajstić information content (AvgIpc) is 2.81. The van der Waals surface area contributed by atoms with Crippen molar-refractivity contribution in [2.75, 3.05) is 0 Å². The van der Waals surface area contributed by atoms with E-state index in [4.69, 9.17) is 0 Å². The number of rotatable bonds is 3. The van der Waals surface area contributed by atoms with Crippen molar-refractivity contribution < 1.29 is 17.1 Å². The summed E-state index contributed by atoms with van der Waals surface area (Å²) in [7, 11) is 0. The van der Waals surface area contributed by atoms with Crippen LogP contribution in [-0.4, -0.2) is 0 Å². The topological polar surface area (TPSA) is 0 Å². The Labute approximate surface area is 154 Å². The van der Waals surface area contributed by atoms with E-state index in [1.165, 1.54) is 63.8 Å². The van der Waals surface area contributed by atoms with Gasteiger partial charge in [0.15, 0.2) is 0 Å². The maximum atomic E-state index is 2.26. The summed E-state index contributed by atoms with van der Waals surface area (Å²) in [5, 5.41) is 0. The maximum Gasteiger partial charge on any atom is 2.00 e. The van der Waals surface area contributed by atoms with E-state index < -0.39 is 0 Å². The molecule has 0 saturated carbocycles.